The van der Waals surface area contributed by atoms with Gasteiger partial charge in [0.1, 0.15) is 4.75 Å². The highest BCUT2D eigenvalue weighted by molar-refractivity contribution is 7.86. The van der Waals surface area contributed by atoms with Crippen LogP contribution in [0.15, 0.2) is 54.6 Å². The second-order valence-corrected chi connectivity index (χ2v) is 7.88. The number of amides is 2. The third kappa shape index (κ3) is 4.56. The zero-order valence-electron chi connectivity index (χ0n) is 14.7. The van der Waals surface area contributed by atoms with Crippen LogP contribution in [0.1, 0.15) is 23.7 Å². The van der Waals surface area contributed by atoms with Crippen LogP contribution in [0, 0.1) is 0 Å². The Labute approximate surface area is 155 Å². The highest BCUT2D eigenvalue weighted by Gasteiger charge is 2.37. The largest absolute Gasteiger partial charge is 0.352 e. The number of rotatable bonds is 7. The number of hydroxylamine groups is 1. The molecule has 0 fully saturated rings. The Morgan fingerprint density at radius 3 is 2.15 bits per heavy atom. The molecular formula is C19H22N2O4S. The van der Waals surface area contributed by atoms with E-state index in [9.17, 15) is 13.8 Å². The minimum atomic E-state index is -1.51. The summed E-state index contributed by atoms with van der Waals surface area (Å²) in [5, 5.41) is 11.5. The van der Waals surface area contributed by atoms with Crippen LogP contribution >= 0.6 is 0 Å². The predicted octanol–water partition coefficient (Wildman–Crippen LogP) is 2.12. The van der Waals surface area contributed by atoms with Gasteiger partial charge >= 0.3 is 0 Å². The second-order valence-electron chi connectivity index (χ2n) is 6.08. The number of carbonyl (C=O) groups excluding carboxylic acids is 2. The number of benzene rings is 2. The Hall–Kier alpha value is -2.51. The third-order valence-electron chi connectivity index (χ3n) is 4.36. The fourth-order valence-corrected chi connectivity index (χ4v) is 3.16. The SMILES string of the molecule is CS(=O)C(C)(CCNC(=O)c1ccc(-c2ccccc2)cc1)C(=O)NO. The van der Waals surface area contributed by atoms with E-state index in [1.807, 2.05) is 42.5 Å². The summed E-state index contributed by atoms with van der Waals surface area (Å²) >= 11 is 0. The first-order valence-corrected chi connectivity index (χ1v) is 9.66. The zero-order valence-corrected chi connectivity index (χ0v) is 15.5. The van der Waals surface area contributed by atoms with Gasteiger partial charge in [0.2, 0.25) is 0 Å². The van der Waals surface area contributed by atoms with E-state index < -0.39 is 21.5 Å². The van der Waals surface area contributed by atoms with E-state index in [1.165, 1.54) is 18.7 Å². The van der Waals surface area contributed by atoms with E-state index in [2.05, 4.69) is 5.32 Å². The third-order valence-corrected chi connectivity index (χ3v) is 6.02. The molecule has 0 aliphatic heterocycles. The molecule has 26 heavy (non-hydrogen) atoms. The van der Waals surface area contributed by atoms with Gasteiger partial charge in [-0.25, -0.2) is 5.48 Å². The molecule has 3 N–H and O–H groups in total. The first-order valence-electron chi connectivity index (χ1n) is 8.10. The summed E-state index contributed by atoms with van der Waals surface area (Å²) in [5.74, 6) is -1.02. The van der Waals surface area contributed by atoms with Crippen LogP contribution in [-0.2, 0) is 15.6 Å². The lowest BCUT2D eigenvalue weighted by Crippen LogP contribution is -2.48. The van der Waals surface area contributed by atoms with Gasteiger partial charge < -0.3 is 5.32 Å². The average molecular weight is 374 g/mol. The Morgan fingerprint density at radius 2 is 1.62 bits per heavy atom. The Kier molecular flexibility index (Phi) is 6.65. The molecule has 2 aromatic carbocycles. The molecular weight excluding hydrogens is 352 g/mol. The lowest BCUT2D eigenvalue weighted by Gasteiger charge is -2.24. The van der Waals surface area contributed by atoms with E-state index in [0.29, 0.717) is 5.56 Å². The molecule has 2 aromatic rings. The van der Waals surface area contributed by atoms with Gasteiger partial charge in [0.15, 0.2) is 0 Å². The van der Waals surface area contributed by atoms with E-state index in [-0.39, 0.29) is 18.9 Å². The molecule has 0 radical (unpaired) electrons. The fourth-order valence-electron chi connectivity index (χ4n) is 2.47. The molecule has 0 saturated heterocycles. The van der Waals surface area contributed by atoms with Crippen molar-refractivity contribution in [2.24, 2.45) is 0 Å². The monoisotopic (exact) mass is 374 g/mol. The maximum Gasteiger partial charge on any atom is 0.261 e. The molecule has 0 spiro atoms. The maximum atomic E-state index is 12.3. The highest BCUT2D eigenvalue weighted by Crippen LogP contribution is 2.20. The quantitative estimate of drug-likeness (QED) is 0.511. The van der Waals surface area contributed by atoms with Crippen molar-refractivity contribution in [1.29, 1.82) is 0 Å². The molecule has 0 aliphatic carbocycles. The molecule has 6 nitrogen and oxygen atoms in total. The van der Waals surface area contributed by atoms with Crippen molar-refractivity contribution < 1.29 is 19.0 Å². The van der Waals surface area contributed by atoms with Crippen molar-refractivity contribution >= 4 is 22.6 Å². The number of nitrogens with one attached hydrogen (secondary N) is 2. The fraction of sp³-hybridized carbons (Fsp3) is 0.263. The number of hydrogen-bond donors (Lipinski definition) is 3. The lowest BCUT2D eigenvalue weighted by atomic mass is 10.0. The molecule has 2 amide bonds. The van der Waals surface area contributed by atoms with Gasteiger partial charge in [-0.2, -0.15) is 0 Å². The van der Waals surface area contributed by atoms with Crippen molar-refractivity contribution in [2.75, 3.05) is 12.8 Å². The molecule has 0 aliphatic rings. The second kappa shape index (κ2) is 8.73. The minimum Gasteiger partial charge on any atom is -0.352 e. The van der Waals surface area contributed by atoms with Gasteiger partial charge in [0.25, 0.3) is 11.8 Å². The summed E-state index contributed by atoms with van der Waals surface area (Å²) in [5.41, 5.74) is 4.11. The maximum absolute atomic E-state index is 12.3. The van der Waals surface area contributed by atoms with Crippen LogP contribution < -0.4 is 10.8 Å². The van der Waals surface area contributed by atoms with Crippen LogP contribution in [0.25, 0.3) is 11.1 Å². The first kappa shape index (κ1) is 19.8. The molecule has 138 valence electrons. The minimum absolute atomic E-state index is 0.135. The van der Waals surface area contributed by atoms with Gasteiger partial charge in [-0.1, -0.05) is 42.5 Å². The Bertz CT molecular complexity index is 793. The molecule has 0 bridgehead atoms. The van der Waals surface area contributed by atoms with Gasteiger partial charge in [-0.05, 0) is 36.6 Å². The molecule has 0 heterocycles. The van der Waals surface area contributed by atoms with Crippen LogP contribution in [0.5, 0.6) is 0 Å². The molecule has 0 aromatic heterocycles. The smallest absolute Gasteiger partial charge is 0.261 e. The topological polar surface area (TPSA) is 95.5 Å². The van der Waals surface area contributed by atoms with E-state index in [0.717, 1.165) is 11.1 Å². The Morgan fingerprint density at radius 1 is 1.04 bits per heavy atom. The van der Waals surface area contributed by atoms with Crippen LogP contribution in [0.3, 0.4) is 0 Å². The van der Waals surface area contributed by atoms with Gasteiger partial charge in [-0.3, -0.25) is 19.0 Å². The van der Waals surface area contributed by atoms with Crippen LogP contribution in [-0.4, -0.2) is 38.8 Å². The standard InChI is InChI=1S/C19H22N2O4S/c1-19(26(2)25,18(23)21-24)12-13-20-17(22)16-10-8-15(9-11-16)14-6-4-3-5-7-14/h3-11,24H,12-13H2,1-2H3,(H,20,22)(H,21,23). The summed E-state index contributed by atoms with van der Waals surface area (Å²) in [6, 6.07) is 17.0. The molecule has 0 saturated carbocycles. The molecule has 7 heteroatoms. The van der Waals surface area contributed by atoms with Crippen molar-refractivity contribution in [3.05, 3.63) is 60.2 Å². The van der Waals surface area contributed by atoms with E-state index >= 15 is 0 Å². The first-order chi connectivity index (χ1) is 12.4. The van der Waals surface area contributed by atoms with Gasteiger partial charge in [-0.15, -0.1) is 0 Å². The molecule has 2 rings (SSSR count). The van der Waals surface area contributed by atoms with Crippen molar-refractivity contribution in [1.82, 2.24) is 10.8 Å². The van der Waals surface area contributed by atoms with Crippen molar-refractivity contribution in [2.45, 2.75) is 18.1 Å². The van der Waals surface area contributed by atoms with Gasteiger partial charge in [0.05, 0.1) is 0 Å². The number of hydrogen-bond acceptors (Lipinski definition) is 4. The summed E-state index contributed by atoms with van der Waals surface area (Å²) in [6.45, 7) is 1.64. The molecule has 2 unspecified atom stereocenters. The Balaban J connectivity index is 1.98. The summed E-state index contributed by atoms with van der Waals surface area (Å²) in [7, 11) is -1.51. The highest BCUT2D eigenvalue weighted by atomic mass is 32.2. The van der Waals surface area contributed by atoms with E-state index in [4.69, 9.17) is 5.21 Å². The van der Waals surface area contributed by atoms with Crippen molar-refractivity contribution in [3.63, 3.8) is 0 Å². The van der Waals surface area contributed by atoms with Crippen molar-refractivity contribution in [3.8, 4) is 11.1 Å². The van der Waals surface area contributed by atoms with E-state index in [1.54, 1.807) is 12.1 Å². The summed E-state index contributed by atoms with van der Waals surface area (Å²) in [6.07, 6.45) is 1.52. The summed E-state index contributed by atoms with van der Waals surface area (Å²) in [4.78, 5) is 24.0. The van der Waals surface area contributed by atoms with Gasteiger partial charge in [0, 0.05) is 29.2 Å². The average Bonchev–Trinajstić information content (AvgIpc) is 2.67. The number of carbonyl (C=O) groups is 2. The normalized spacial score (nSPS) is 14.1. The predicted molar refractivity (Wildman–Crippen MR) is 101 cm³/mol. The molecule has 2 atom stereocenters. The van der Waals surface area contributed by atoms with Crippen LogP contribution in [0.2, 0.25) is 0 Å². The summed E-state index contributed by atoms with van der Waals surface area (Å²) < 4.78 is 10.5. The lowest BCUT2D eigenvalue weighted by molar-refractivity contribution is -0.131. The zero-order chi connectivity index (χ0) is 19.2. The van der Waals surface area contributed by atoms with Crippen LogP contribution in [0.4, 0.5) is 0 Å².